The van der Waals surface area contributed by atoms with Crippen LogP contribution in [0.3, 0.4) is 0 Å². The Balaban J connectivity index is 2.02. The zero-order valence-corrected chi connectivity index (χ0v) is 12.4. The van der Waals surface area contributed by atoms with Crippen LogP contribution in [-0.4, -0.2) is 9.97 Å². The molecule has 0 radical (unpaired) electrons. The topological polar surface area (TPSA) is 25.8 Å². The summed E-state index contributed by atoms with van der Waals surface area (Å²) in [6.07, 6.45) is 5.19. The lowest BCUT2D eigenvalue weighted by Gasteiger charge is -2.12. The Morgan fingerprint density at radius 2 is 1.00 bits per heavy atom. The summed E-state index contributed by atoms with van der Waals surface area (Å²) >= 11 is 0. The van der Waals surface area contributed by atoms with Crippen LogP contribution in [0, 0.1) is 23.3 Å². The van der Waals surface area contributed by atoms with Gasteiger partial charge in [0, 0.05) is 48.8 Å². The van der Waals surface area contributed by atoms with Crippen molar-refractivity contribution in [3.05, 3.63) is 94.6 Å². The van der Waals surface area contributed by atoms with E-state index in [1.807, 2.05) is 0 Å². The quantitative estimate of drug-likeness (QED) is 0.528. The van der Waals surface area contributed by atoms with Crippen molar-refractivity contribution in [2.24, 2.45) is 0 Å². The van der Waals surface area contributed by atoms with Crippen molar-refractivity contribution >= 4 is 0 Å². The maximum absolute atomic E-state index is 14.3. The molecular formula is C18H12F4N2. The Hall–Kier alpha value is -2.76. The molecule has 3 rings (SSSR count). The Morgan fingerprint density at radius 3 is 1.29 bits per heavy atom. The van der Waals surface area contributed by atoms with Crippen LogP contribution in [0.1, 0.15) is 22.3 Å². The van der Waals surface area contributed by atoms with Gasteiger partial charge in [0.15, 0.2) is 23.3 Å². The molecule has 2 aromatic heterocycles. The van der Waals surface area contributed by atoms with E-state index in [1.54, 1.807) is 24.3 Å². The monoisotopic (exact) mass is 332 g/mol. The molecule has 0 atom stereocenters. The van der Waals surface area contributed by atoms with Crippen molar-refractivity contribution < 1.29 is 17.6 Å². The highest BCUT2D eigenvalue weighted by Gasteiger charge is 2.25. The predicted octanol–water partition coefficient (Wildman–Crippen LogP) is 4.21. The highest BCUT2D eigenvalue weighted by molar-refractivity contribution is 5.35. The van der Waals surface area contributed by atoms with Crippen LogP contribution < -0.4 is 0 Å². The van der Waals surface area contributed by atoms with Crippen molar-refractivity contribution in [3.8, 4) is 0 Å². The van der Waals surface area contributed by atoms with Gasteiger partial charge in [0.25, 0.3) is 0 Å². The van der Waals surface area contributed by atoms with Gasteiger partial charge in [-0.3, -0.25) is 9.97 Å². The van der Waals surface area contributed by atoms with Crippen molar-refractivity contribution in [2.45, 2.75) is 12.8 Å². The lowest BCUT2D eigenvalue weighted by Crippen LogP contribution is -2.10. The molecule has 0 spiro atoms. The molecule has 0 N–H and O–H groups in total. The van der Waals surface area contributed by atoms with Crippen molar-refractivity contribution in [1.82, 2.24) is 9.97 Å². The van der Waals surface area contributed by atoms with E-state index in [9.17, 15) is 17.6 Å². The van der Waals surface area contributed by atoms with Gasteiger partial charge in [0.2, 0.25) is 0 Å². The molecule has 0 fully saturated rings. The van der Waals surface area contributed by atoms with E-state index in [2.05, 4.69) is 9.97 Å². The number of nitrogens with zero attached hydrogens (tertiary/aromatic N) is 2. The molecule has 0 saturated heterocycles. The molecule has 0 aliphatic heterocycles. The fourth-order valence-corrected chi connectivity index (χ4v) is 2.45. The minimum atomic E-state index is -1.38. The lowest BCUT2D eigenvalue weighted by atomic mass is 9.98. The van der Waals surface area contributed by atoms with Gasteiger partial charge in [-0.15, -0.1) is 0 Å². The van der Waals surface area contributed by atoms with E-state index in [4.69, 9.17) is 0 Å². The maximum atomic E-state index is 14.3. The van der Waals surface area contributed by atoms with E-state index in [0.717, 1.165) is 0 Å². The average molecular weight is 332 g/mol. The first-order valence-electron chi connectivity index (χ1n) is 7.19. The number of halogens is 4. The van der Waals surface area contributed by atoms with Gasteiger partial charge in [-0.1, -0.05) is 12.1 Å². The molecule has 0 bridgehead atoms. The summed E-state index contributed by atoms with van der Waals surface area (Å²) in [6, 6.07) is 6.31. The van der Waals surface area contributed by atoms with Crippen LogP contribution >= 0.6 is 0 Å². The van der Waals surface area contributed by atoms with Gasteiger partial charge in [0.1, 0.15) is 0 Å². The van der Waals surface area contributed by atoms with Crippen molar-refractivity contribution in [1.29, 1.82) is 0 Å². The Bertz CT molecular complexity index is 750. The molecule has 2 nitrogen and oxygen atoms in total. The van der Waals surface area contributed by atoms with Gasteiger partial charge in [-0.2, -0.15) is 0 Å². The second kappa shape index (κ2) is 6.78. The Morgan fingerprint density at radius 1 is 0.625 bits per heavy atom. The molecule has 0 amide bonds. The molecule has 0 saturated carbocycles. The second-order valence-corrected chi connectivity index (χ2v) is 5.29. The normalized spacial score (nSPS) is 10.8. The van der Waals surface area contributed by atoms with Gasteiger partial charge in [0.05, 0.1) is 0 Å². The molecule has 1 aromatic carbocycles. The highest BCUT2D eigenvalue weighted by Crippen LogP contribution is 2.27. The largest absolute Gasteiger partial charge is 0.264 e. The minimum Gasteiger partial charge on any atom is -0.264 e. The van der Waals surface area contributed by atoms with Crippen molar-refractivity contribution in [2.75, 3.05) is 0 Å². The first kappa shape index (κ1) is 16.1. The third-order valence-electron chi connectivity index (χ3n) is 3.65. The highest BCUT2D eigenvalue weighted by atomic mass is 19.2. The molecule has 0 unspecified atom stereocenters. The summed E-state index contributed by atoms with van der Waals surface area (Å²) in [5, 5.41) is 0. The Labute approximate surface area is 135 Å². The number of hydrogen-bond acceptors (Lipinski definition) is 2. The fraction of sp³-hybridized carbons (Fsp3) is 0.111. The number of pyridine rings is 2. The summed E-state index contributed by atoms with van der Waals surface area (Å²) in [7, 11) is 0. The molecule has 0 aliphatic rings. The first-order valence-corrected chi connectivity index (χ1v) is 7.19. The van der Waals surface area contributed by atoms with Crippen LogP contribution in [0.15, 0.2) is 49.1 Å². The SMILES string of the molecule is Fc1c(F)c(Cc2cccnc2)c(F)c(F)c1Cc1cccnc1. The van der Waals surface area contributed by atoms with Crippen molar-refractivity contribution in [3.63, 3.8) is 0 Å². The third-order valence-corrected chi connectivity index (χ3v) is 3.65. The molecule has 3 aromatic rings. The van der Waals surface area contributed by atoms with Crippen LogP contribution in [0.5, 0.6) is 0 Å². The van der Waals surface area contributed by atoms with Gasteiger partial charge >= 0.3 is 0 Å². The summed E-state index contributed by atoms with van der Waals surface area (Å²) in [4.78, 5) is 7.64. The minimum absolute atomic E-state index is 0.285. The number of rotatable bonds is 4. The summed E-state index contributed by atoms with van der Waals surface area (Å²) in [5.74, 6) is -5.51. The van der Waals surface area contributed by atoms with Gasteiger partial charge < -0.3 is 0 Å². The van der Waals surface area contributed by atoms with Crippen LogP contribution in [-0.2, 0) is 12.8 Å². The standard InChI is InChI=1S/C18H12F4N2/c19-15-13(7-11-3-1-5-23-9-11)16(20)18(22)14(17(15)21)8-12-4-2-6-24-10-12/h1-6,9-10H,7-8H2. The molecule has 24 heavy (non-hydrogen) atoms. The average Bonchev–Trinajstić information content (AvgIpc) is 2.62. The van der Waals surface area contributed by atoms with Crippen LogP contribution in [0.25, 0.3) is 0 Å². The zero-order chi connectivity index (χ0) is 17.1. The van der Waals surface area contributed by atoms with E-state index < -0.39 is 34.4 Å². The van der Waals surface area contributed by atoms with E-state index in [-0.39, 0.29) is 12.8 Å². The van der Waals surface area contributed by atoms with Crippen LogP contribution in [0.2, 0.25) is 0 Å². The maximum Gasteiger partial charge on any atom is 0.165 e. The number of benzene rings is 1. The Kier molecular flexibility index (Phi) is 4.55. The number of hydrogen-bond donors (Lipinski definition) is 0. The zero-order valence-electron chi connectivity index (χ0n) is 12.4. The second-order valence-electron chi connectivity index (χ2n) is 5.29. The van der Waals surface area contributed by atoms with E-state index in [0.29, 0.717) is 11.1 Å². The lowest BCUT2D eigenvalue weighted by molar-refractivity contribution is 0.430. The van der Waals surface area contributed by atoms with Gasteiger partial charge in [-0.05, 0) is 23.3 Å². The molecular weight excluding hydrogens is 320 g/mol. The van der Waals surface area contributed by atoms with E-state index in [1.165, 1.54) is 24.8 Å². The molecule has 2 heterocycles. The molecule has 6 heteroatoms. The first-order chi connectivity index (χ1) is 11.6. The van der Waals surface area contributed by atoms with Gasteiger partial charge in [-0.25, -0.2) is 17.6 Å². The number of aromatic nitrogens is 2. The summed E-state index contributed by atoms with van der Waals surface area (Å²) < 4.78 is 57.1. The molecule has 0 aliphatic carbocycles. The van der Waals surface area contributed by atoms with E-state index >= 15 is 0 Å². The predicted molar refractivity (Wildman–Crippen MR) is 80.4 cm³/mol. The molecule has 122 valence electrons. The fourth-order valence-electron chi connectivity index (χ4n) is 2.45. The summed E-state index contributed by atoms with van der Waals surface area (Å²) in [6.45, 7) is 0. The van der Waals surface area contributed by atoms with Crippen LogP contribution in [0.4, 0.5) is 17.6 Å². The summed E-state index contributed by atoms with van der Waals surface area (Å²) in [5.41, 5.74) is -0.385. The smallest absolute Gasteiger partial charge is 0.165 e. The third kappa shape index (κ3) is 3.13.